The molecule has 1 aromatic carbocycles. The van der Waals surface area contributed by atoms with Gasteiger partial charge >= 0.3 is 0 Å². The van der Waals surface area contributed by atoms with Crippen LogP contribution in [0.5, 0.6) is 0 Å². The SMILES string of the molecule is CCCNCc1ccc(-c2cn(CC)nc2C)c(F)c1. The zero-order chi connectivity index (χ0) is 14.5. The first-order valence-corrected chi connectivity index (χ1v) is 7.19. The Morgan fingerprint density at radius 1 is 1.25 bits per heavy atom. The molecule has 0 saturated carbocycles. The van der Waals surface area contributed by atoms with E-state index in [0.29, 0.717) is 12.1 Å². The lowest BCUT2D eigenvalue weighted by molar-refractivity contribution is 0.622. The lowest BCUT2D eigenvalue weighted by Crippen LogP contribution is -2.13. The maximum atomic E-state index is 14.3. The Balaban J connectivity index is 2.22. The molecule has 4 heteroatoms. The van der Waals surface area contributed by atoms with E-state index in [1.807, 2.05) is 36.9 Å². The third-order valence-electron chi connectivity index (χ3n) is 3.35. The highest BCUT2D eigenvalue weighted by Crippen LogP contribution is 2.26. The van der Waals surface area contributed by atoms with Gasteiger partial charge < -0.3 is 5.32 Å². The lowest BCUT2D eigenvalue weighted by atomic mass is 10.0. The van der Waals surface area contributed by atoms with Gasteiger partial charge in [-0.25, -0.2) is 4.39 Å². The van der Waals surface area contributed by atoms with Crippen LogP contribution in [0.2, 0.25) is 0 Å². The van der Waals surface area contributed by atoms with Crippen molar-refractivity contribution in [2.24, 2.45) is 0 Å². The largest absolute Gasteiger partial charge is 0.313 e. The highest BCUT2D eigenvalue weighted by molar-refractivity contribution is 5.66. The first kappa shape index (κ1) is 14.7. The van der Waals surface area contributed by atoms with E-state index in [9.17, 15) is 4.39 Å². The molecule has 1 heterocycles. The number of nitrogens with one attached hydrogen (secondary N) is 1. The Kier molecular flexibility index (Phi) is 4.90. The Bertz CT molecular complexity index is 575. The summed E-state index contributed by atoms with van der Waals surface area (Å²) in [6, 6.07) is 5.44. The molecule has 2 rings (SSSR count). The standard InChI is InChI=1S/C16H22FN3/c1-4-8-18-10-13-6-7-14(16(17)9-13)15-11-20(5-2)19-12(15)3/h6-7,9,11,18H,4-5,8,10H2,1-3H3. The van der Waals surface area contributed by atoms with Crippen LogP contribution in [0.25, 0.3) is 11.1 Å². The van der Waals surface area contributed by atoms with Crippen LogP contribution in [0.3, 0.4) is 0 Å². The zero-order valence-corrected chi connectivity index (χ0v) is 12.4. The third-order valence-corrected chi connectivity index (χ3v) is 3.35. The van der Waals surface area contributed by atoms with Crippen molar-refractivity contribution in [2.75, 3.05) is 6.54 Å². The van der Waals surface area contributed by atoms with Crippen molar-refractivity contribution < 1.29 is 4.39 Å². The second kappa shape index (κ2) is 6.66. The zero-order valence-electron chi connectivity index (χ0n) is 12.4. The molecule has 20 heavy (non-hydrogen) atoms. The van der Waals surface area contributed by atoms with Crippen LogP contribution in [-0.4, -0.2) is 16.3 Å². The minimum absolute atomic E-state index is 0.181. The van der Waals surface area contributed by atoms with Gasteiger partial charge in [-0.1, -0.05) is 19.1 Å². The number of aromatic nitrogens is 2. The third kappa shape index (κ3) is 3.25. The number of hydrogen-bond acceptors (Lipinski definition) is 2. The quantitative estimate of drug-likeness (QED) is 0.817. The maximum Gasteiger partial charge on any atom is 0.131 e. The maximum absolute atomic E-state index is 14.3. The molecular formula is C16H22FN3. The number of nitrogens with zero attached hydrogens (tertiary/aromatic N) is 2. The van der Waals surface area contributed by atoms with Crippen LogP contribution < -0.4 is 5.32 Å². The summed E-state index contributed by atoms with van der Waals surface area (Å²) in [7, 11) is 0. The molecule has 0 amide bonds. The van der Waals surface area contributed by atoms with Gasteiger partial charge in [0.2, 0.25) is 0 Å². The highest BCUT2D eigenvalue weighted by Gasteiger charge is 2.11. The van der Waals surface area contributed by atoms with Crippen molar-refractivity contribution in [3.8, 4) is 11.1 Å². The van der Waals surface area contributed by atoms with Gasteiger partial charge in [0, 0.05) is 30.4 Å². The van der Waals surface area contributed by atoms with Crippen LogP contribution in [-0.2, 0) is 13.1 Å². The molecule has 3 nitrogen and oxygen atoms in total. The van der Waals surface area contributed by atoms with E-state index in [1.54, 1.807) is 6.07 Å². The van der Waals surface area contributed by atoms with Crippen molar-refractivity contribution >= 4 is 0 Å². The minimum Gasteiger partial charge on any atom is -0.313 e. The van der Waals surface area contributed by atoms with E-state index in [-0.39, 0.29) is 5.82 Å². The van der Waals surface area contributed by atoms with Crippen molar-refractivity contribution in [1.29, 1.82) is 0 Å². The Labute approximate surface area is 119 Å². The molecule has 1 N–H and O–H groups in total. The summed E-state index contributed by atoms with van der Waals surface area (Å²) in [5.74, 6) is -0.181. The van der Waals surface area contributed by atoms with Gasteiger partial charge in [0.1, 0.15) is 5.82 Å². The van der Waals surface area contributed by atoms with Crippen LogP contribution in [0, 0.1) is 12.7 Å². The van der Waals surface area contributed by atoms with Crippen molar-refractivity contribution in [1.82, 2.24) is 15.1 Å². The molecule has 0 saturated heterocycles. The van der Waals surface area contributed by atoms with Gasteiger partial charge in [0.25, 0.3) is 0 Å². The predicted octanol–water partition coefficient (Wildman–Crippen LogP) is 3.52. The van der Waals surface area contributed by atoms with Gasteiger partial charge in [-0.05, 0) is 38.4 Å². The molecule has 108 valence electrons. The molecule has 0 spiro atoms. The van der Waals surface area contributed by atoms with Crippen molar-refractivity contribution in [2.45, 2.75) is 40.3 Å². The first-order chi connectivity index (χ1) is 9.65. The molecule has 0 aliphatic rings. The van der Waals surface area contributed by atoms with Crippen LogP contribution >= 0.6 is 0 Å². The number of rotatable bonds is 6. The molecular weight excluding hydrogens is 253 g/mol. The Hall–Kier alpha value is -1.68. The van der Waals surface area contributed by atoms with E-state index >= 15 is 0 Å². The fraction of sp³-hybridized carbons (Fsp3) is 0.438. The molecule has 0 radical (unpaired) electrons. The second-order valence-electron chi connectivity index (χ2n) is 4.97. The highest BCUT2D eigenvalue weighted by atomic mass is 19.1. The number of halogens is 1. The minimum atomic E-state index is -0.181. The normalized spacial score (nSPS) is 11.0. The molecule has 0 fully saturated rings. The van der Waals surface area contributed by atoms with Crippen LogP contribution in [0.15, 0.2) is 24.4 Å². The van der Waals surface area contributed by atoms with Gasteiger partial charge in [0.05, 0.1) is 5.69 Å². The summed E-state index contributed by atoms with van der Waals surface area (Å²) in [6.07, 6.45) is 2.98. The smallest absolute Gasteiger partial charge is 0.131 e. The summed E-state index contributed by atoms with van der Waals surface area (Å²) in [6.45, 7) is 8.50. The lowest BCUT2D eigenvalue weighted by Gasteiger charge is -2.06. The fourth-order valence-electron chi connectivity index (χ4n) is 2.24. The Morgan fingerprint density at radius 2 is 2.05 bits per heavy atom. The molecule has 2 aromatic rings. The second-order valence-corrected chi connectivity index (χ2v) is 4.97. The van der Waals surface area contributed by atoms with Crippen LogP contribution in [0.1, 0.15) is 31.5 Å². The van der Waals surface area contributed by atoms with E-state index in [4.69, 9.17) is 0 Å². The first-order valence-electron chi connectivity index (χ1n) is 7.19. The molecule has 1 aromatic heterocycles. The van der Waals surface area contributed by atoms with Gasteiger partial charge in [-0.2, -0.15) is 5.10 Å². The summed E-state index contributed by atoms with van der Waals surface area (Å²) >= 11 is 0. The molecule has 0 atom stereocenters. The summed E-state index contributed by atoms with van der Waals surface area (Å²) in [4.78, 5) is 0. The number of benzene rings is 1. The van der Waals surface area contributed by atoms with E-state index < -0.39 is 0 Å². The van der Waals surface area contributed by atoms with E-state index in [2.05, 4.69) is 17.3 Å². The summed E-state index contributed by atoms with van der Waals surface area (Å²) in [5, 5.41) is 7.65. The molecule has 0 aliphatic heterocycles. The van der Waals surface area contributed by atoms with E-state index in [0.717, 1.165) is 36.3 Å². The monoisotopic (exact) mass is 275 g/mol. The van der Waals surface area contributed by atoms with Gasteiger partial charge in [-0.3, -0.25) is 4.68 Å². The van der Waals surface area contributed by atoms with Gasteiger partial charge in [0.15, 0.2) is 0 Å². The Morgan fingerprint density at radius 3 is 2.65 bits per heavy atom. The van der Waals surface area contributed by atoms with Crippen LogP contribution in [0.4, 0.5) is 4.39 Å². The fourth-order valence-corrected chi connectivity index (χ4v) is 2.24. The molecule has 0 unspecified atom stereocenters. The molecule has 0 bridgehead atoms. The summed E-state index contributed by atoms with van der Waals surface area (Å²) < 4.78 is 16.1. The summed E-state index contributed by atoms with van der Waals surface area (Å²) in [5.41, 5.74) is 3.33. The predicted molar refractivity (Wildman–Crippen MR) is 80.0 cm³/mol. The average Bonchev–Trinajstić information content (AvgIpc) is 2.80. The number of aryl methyl sites for hydroxylation is 2. The topological polar surface area (TPSA) is 29.9 Å². The number of hydrogen-bond donors (Lipinski definition) is 1. The van der Waals surface area contributed by atoms with Crippen molar-refractivity contribution in [3.05, 3.63) is 41.5 Å². The average molecular weight is 275 g/mol. The van der Waals surface area contributed by atoms with Gasteiger partial charge in [-0.15, -0.1) is 0 Å². The molecule has 0 aliphatic carbocycles. The van der Waals surface area contributed by atoms with E-state index in [1.165, 1.54) is 0 Å². The van der Waals surface area contributed by atoms with Crippen molar-refractivity contribution in [3.63, 3.8) is 0 Å².